The van der Waals surface area contributed by atoms with Crippen molar-refractivity contribution in [3.8, 4) is 17.2 Å². The highest BCUT2D eigenvalue weighted by molar-refractivity contribution is 6.10. The molecule has 1 atom stereocenters. The second kappa shape index (κ2) is 6.97. The van der Waals surface area contributed by atoms with Crippen molar-refractivity contribution in [2.24, 2.45) is 0 Å². The van der Waals surface area contributed by atoms with Gasteiger partial charge in [-0.15, -0.1) is 0 Å². The standard InChI is InChI=1S/C27H28NO4/c1-28(2)12-11-18-13-23-26(32-15-31-23)27(30-3)25(18)21(28)14-22(29)19-10-9-17-8-7-16-5-4-6-20(19)24(16)17/h4-6,9-10,13,21H,7-8,11-12,14-15H2,1-3H3/q+1. The number of benzene rings is 3. The number of carbonyl (C=O) groups is 1. The highest BCUT2D eigenvalue weighted by atomic mass is 16.7. The Bertz CT molecular complexity index is 1270. The fraction of sp³-hybridized carbons (Fsp3) is 0.370. The average molecular weight is 431 g/mol. The Balaban J connectivity index is 1.45. The molecule has 0 amide bonds. The molecule has 5 nitrogen and oxygen atoms in total. The van der Waals surface area contributed by atoms with Crippen molar-refractivity contribution in [2.75, 3.05) is 34.5 Å². The Morgan fingerprint density at radius 2 is 1.88 bits per heavy atom. The zero-order valence-corrected chi connectivity index (χ0v) is 18.9. The van der Waals surface area contributed by atoms with Crippen molar-refractivity contribution in [3.63, 3.8) is 0 Å². The molecule has 0 radical (unpaired) electrons. The number of hydrogen-bond donors (Lipinski definition) is 0. The first-order valence-electron chi connectivity index (χ1n) is 11.4. The van der Waals surface area contributed by atoms with Gasteiger partial charge in [0.15, 0.2) is 17.3 Å². The van der Waals surface area contributed by atoms with Crippen LogP contribution in [0, 0.1) is 0 Å². The Labute approximate surface area is 188 Å². The van der Waals surface area contributed by atoms with Crippen LogP contribution in [0.25, 0.3) is 10.8 Å². The molecular weight excluding hydrogens is 402 g/mol. The Kier molecular flexibility index (Phi) is 4.28. The van der Waals surface area contributed by atoms with E-state index in [0.717, 1.165) is 58.3 Å². The number of Topliss-reactive ketones (excluding diaryl/α,β-unsaturated/α-hetero) is 1. The summed E-state index contributed by atoms with van der Waals surface area (Å²) in [6, 6.07) is 12.6. The van der Waals surface area contributed by atoms with Crippen LogP contribution in [0.5, 0.6) is 17.2 Å². The number of ketones is 1. The second-order valence-electron chi connectivity index (χ2n) is 9.72. The van der Waals surface area contributed by atoms with Crippen molar-refractivity contribution in [1.82, 2.24) is 0 Å². The van der Waals surface area contributed by atoms with Crippen LogP contribution in [0.15, 0.2) is 36.4 Å². The molecule has 3 aliphatic rings. The van der Waals surface area contributed by atoms with Crippen molar-refractivity contribution >= 4 is 16.6 Å². The van der Waals surface area contributed by atoms with Crippen LogP contribution < -0.4 is 14.2 Å². The van der Waals surface area contributed by atoms with Gasteiger partial charge in [0.2, 0.25) is 12.5 Å². The lowest BCUT2D eigenvalue weighted by Gasteiger charge is -2.43. The van der Waals surface area contributed by atoms with Crippen LogP contribution in [0.1, 0.15) is 45.1 Å². The number of likely N-dealkylation sites (N-methyl/N-ethyl adjacent to an activating group) is 1. The third-order valence-corrected chi connectivity index (χ3v) is 7.64. The lowest BCUT2D eigenvalue weighted by atomic mass is 9.85. The van der Waals surface area contributed by atoms with Gasteiger partial charge >= 0.3 is 0 Å². The second-order valence-corrected chi connectivity index (χ2v) is 9.72. The van der Waals surface area contributed by atoms with E-state index >= 15 is 0 Å². The number of methoxy groups -OCH3 is 1. The number of nitrogens with zero attached hydrogens (tertiary/aromatic N) is 1. The van der Waals surface area contributed by atoms with E-state index in [0.29, 0.717) is 12.2 Å². The van der Waals surface area contributed by atoms with Crippen LogP contribution >= 0.6 is 0 Å². The van der Waals surface area contributed by atoms with Crippen LogP contribution in [0.3, 0.4) is 0 Å². The van der Waals surface area contributed by atoms with Crippen molar-refractivity contribution in [3.05, 3.63) is 64.2 Å². The minimum Gasteiger partial charge on any atom is -0.492 e. The number of rotatable bonds is 4. The molecule has 164 valence electrons. The molecule has 5 heteroatoms. The van der Waals surface area contributed by atoms with E-state index in [1.165, 1.54) is 22.1 Å². The van der Waals surface area contributed by atoms with Gasteiger partial charge in [-0.05, 0) is 46.4 Å². The smallest absolute Gasteiger partial charge is 0.231 e. The highest BCUT2D eigenvalue weighted by Crippen LogP contribution is 2.51. The summed E-state index contributed by atoms with van der Waals surface area (Å²) in [6.45, 7) is 1.16. The van der Waals surface area contributed by atoms with Crippen molar-refractivity contribution in [2.45, 2.75) is 31.7 Å². The van der Waals surface area contributed by atoms with Gasteiger partial charge in [-0.3, -0.25) is 4.79 Å². The summed E-state index contributed by atoms with van der Waals surface area (Å²) in [5.74, 6) is 2.31. The summed E-state index contributed by atoms with van der Waals surface area (Å²) in [7, 11) is 6.09. The SMILES string of the molecule is COc1c2c(cc3c1C(CC(=O)c1ccc4c5c(cccc15)CC4)[N+](C)(C)CC3)OCO2. The zero-order valence-electron chi connectivity index (χ0n) is 18.9. The summed E-state index contributed by atoms with van der Waals surface area (Å²) in [6.07, 6.45) is 3.47. The molecule has 6 rings (SSSR count). The molecule has 0 fully saturated rings. The molecule has 0 saturated carbocycles. The molecule has 3 aromatic rings. The molecule has 0 spiro atoms. The van der Waals surface area contributed by atoms with Gasteiger partial charge in [0.1, 0.15) is 6.04 Å². The predicted molar refractivity (Wildman–Crippen MR) is 123 cm³/mol. The summed E-state index contributed by atoms with van der Waals surface area (Å²) >= 11 is 0. The summed E-state index contributed by atoms with van der Waals surface area (Å²) < 4.78 is 18.0. The lowest BCUT2D eigenvalue weighted by Crippen LogP contribution is -2.48. The van der Waals surface area contributed by atoms with Gasteiger partial charge in [0.05, 0.1) is 39.7 Å². The first-order valence-corrected chi connectivity index (χ1v) is 11.4. The van der Waals surface area contributed by atoms with Crippen LogP contribution in [0.2, 0.25) is 0 Å². The topological polar surface area (TPSA) is 44.8 Å². The van der Waals surface area contributed by atoms with E-state index < -0.39 is 0 Å². The number of aryl methyl sites for hydroxylation is 2. The van der Waals surface area contributed by atoms with E-state index in [-0.39, 0.29) is 18.6 Å². The largest absolute Gasteiger partial charge is 0.492 e. The highest BCUT2D eigenvalue weighted by Gasteiger charge is 2.42. The average Bonchev–Trinajstić information content (AvgIpc) is 3.42. The first kappa shape index (κ1) is 19.6. The quantitative estimate of drug-likeness (QED) is 0.448. The zero-order chi connectivity index (χ0) is 22.0. The number of carbonyl (C=O) groups excluding carboxylic acids is 1. The predicted octanol–water partition coefficient (Wildman–Crippen LogP) is 4.62. The van der Waals surface area contributed by atoms with Crippen molar-refractivity contribution in [1.29, 1.82) is 0 Å². The molecular formula is C27H28NO4+. The van der Waals surface area contributed by atoms with E-state index in [4.69, 9.17) is 14.2 Å². The normalized spacial score (nSPS) is 19.8. The summed E-state index contributed by atoms with van der Waals surface area (Å²) in [5, 5.41) is 2.39. The van der Waals surface area contributed by atoms with Crippen LogP contribution in [-0.4, -0.2) is 44.8 Å². The van der Waals surface area contributed by atoms with Gasteiger partial charge in [0, 0.05) is 12.0 Å². The number of hydrogen-bond acceptors (Lipinski definition) is 4. The molecule has 1 aliphatic carbocycles. The summed E-state index contributed by atoms with van der Waals surface area (Å²) in [4.78, 5) is 13.8. The van der Waals surface area contributed by atoms with E-state index in [2.05, 4.69) is 44.4 Å². The lowest BCUT2D eigenvalue weighted by molar-refractivity contribution is -0.922. The molecule has 2 aliphatic heterocycles. The van der Waals surface area contributed by atoms with Gasteiger partial charge in [-0.2, -0.15) is 0 Å². The van der Waals surface area contributed by atoms with Gasteiger partial charge in [-0.1, -0.05) is 30.3 Å². The minimum atomic E-state index is -0.0151. The van der Waals surface area contributed by atoms with Crippen LogP contribution in [-0.2, 0) is 19.3 Å². The third-order valence-electron chi connectivity index (χ3n) is 7.64. The fourth-order valence-corrected chi connectivity index (χ4v) is 5.89. The Morgan fingerprint density at radius 1 is 1.06 bits per heavy atom. The van der Waals surface area contributed by atoms with Crippen LogP contribution in [0.4, 0.5) is 0 Å². The van der Waals surface area contributed by atoms with E-state index in [1.807, 2.05) is 6.07 Å². The van der Waals surface area contributed by atoms with Gasteiger partial charge < -0.3 is 18.7 Å². The minimum absolute atomic E-state index is 0.0151. The number of fused-ring (bicyclic) bond motifs is 2. The Hall–Kier alpha value is -3.05. The van der Waals surface area contributed by atoms with Gasteiger partial charge in [-0.25, -0.2) is 0 Å². The fourth-order valence-electron chi connectivity index (χ4n) is 5.89. The maximum Gasteiger partial charge on any atom is 0.231 e. The molecule has 0 saturated heterocycles. The van der Waals surface area contributed by atoms with Gasteiger partial charge in [0.25, 0.3) is 0 Å². The Morgan fingerprint density at radius 3 is 2.69 bits per heavy atom. The molecule has 1 unspecified atom stereocenters. The van der Waals surface area contributed by atoms with Crippen molar-refractivity contribution < 1.29 is 23.5 Å². The number of quaternary nitrogens is 1. The molecule has 3 aromatic carbocycles. The maximum atomic E-state index is 13.8. The summed E-state index contributed by atoms with van der Waals surface area (Å²) in [5.41, 5.74) is 5.84. The van der Waals surface area contributed by atoms with E-state index in [1.54, 1.807) is 7.11 Å². The first-order chi connectivity index (χ1) is 15.5. The number of ether oxygens (including phenoxy) is 3. The maximum absolute atomic E-state index is 13.8. The third kappa shape index (κ3) is 2.77. The molecule has 32 heavy (non-hydrogen) atoms. The molecule has 0 N–H and O–H groups in total. The monoisotopic (exact) mass is 430 g/mol. The molecule has 2 heterocycles. The molecule has 0 bridgehead atoms. The molecule has 0 aromatic heterocycles. The van der Waals surface area contributed by atoms with E-state index in [9.17, 15) is 4.79 Å².